The molecule has 2 saturated carbocycles. The molecule has 5 rings (SSSR count). The SMILES string of the molecule is CC=CCCc1ccc(C2CCC(CCC3CCC(c4ccc(-c5ccc(OCC)c(F)c5F)c(F)c4F)CC3)CC2)c(F)c1F. The lowest BCUT2D eigenvalue weighted by Crippen LogP contribution is -2.18. The summed E-state index contributed by atoms with van der Waals surface area (Å²) in [6.07, 6.45) is 14.3. The average Bonchev–Trinajstić information content (AvgIpc) is 3.07. The molecule has 0 amide bonds. The van der Waals surface area contributed by atoms with Crippen molar-refractivity contribution in [3.8, 4) is 16.9 Å². The normalized spacial score (nSPS) is 22.0. The van der Waals surface area contributed by atoms with E-state index in [0.717, 1.165) is 64.2 Å². The fourth-order valence-electron chi connectivity index (χ4n) is 7.61. The van der Waals surface area contributed by atoms with Crippen LogP contribution in [0.15, 0.2) is 48.6 Å². The van der Waals surface area contributed by atoms with Crippen molar-refractivity contribution in [2.45, 2.75) is 103 Å². The first-order chi connectivity index (χ1) is 22.2. The van der Waals surface area contributed by atoms with Crippen LogP contribution in [0.3, 0.4) is 0 Å². The minimum atomic E-state index is -1.27. The molecule has 0 saturated heterocycles. The summed E-state index contributed by atoms with van der Waals surface area (Å²) in [5.74, 6) is -5.29. The average molecular weight is 643 g/mol. The molecular weight excluding hydrogens is 598 g/mol. The van der Waals surface area contributed by atoms with Gasteiger partial charge in [-0.2, -0.15) is 4.39 Å². The molecule has 7 heteroatoms. The van der Waals surface area contributed by atoms with E-state index in [1.165, 1.54) is 24.3 Å². The van der Waals surface area contributed by atoms with Crippen LogP contribution in [0.1, 0.15) is 113 Å². The Hall–Kier alpha value is -3.22. The first-order valence-electron chi connectivity index (χ1n) is 16.9. The van der Waals surface area contributed by atoms with Crippen LogP contribution >= 0.6 is 0 Å². The molecule has 46 heavy (non-hydrogen) atoms. The molecule has 0 N–H and O–H groups in total. The quantitative estimate of drug-likeness (QED) is 0.149. The van der Waals surface area contributed by atoms with E-state index in [1.807, 2.05) is 19.1 Å². The van der Waals surface area contributed by atoms with Crippen molar-refractivity contribution in [2.24, 2.45) is 11.8 Å². The third kappa shape index (κ3) is 7.50. The van der Waals surface area contributed by atoms with Crippen LogP contribution in [0.2, 0.25) is 0 Å². The van der Waals surface area contributed by atoms with Crippen LogP contribution < -0.4 is 4.74 Å². The highest BCUT2D eigenvalue weighted by Gasteiger charge is 2.30. The molecule has 0 atom stereocenters. The Bertz CT molecular complexity index is 1520. The maximum atomic E-state index is 15.3. The molecule has 0 radical (unpaired) electrons. The summed E-state index contributed by atoms with van der Waals surface area (Å²) in [5, 5.41) is 0. The number of aryl methyl sites for hydroxylation is 1. The Morgan fingerprint density at radius 2 is 1.11 bits per heavy atom. The Morgan fingerprint density at radius 1 is 0.609 bits per heavy atom. The van der Waals surface area contributed by atoms with Gasteiger partial charge < -0.3 is 4.74 Å². The van der Waals surface area contributed by atoms with Crippen molar-refractivity contribution in [1.29, 1.82) is 0 Å². The smallest absolute Gasteiger partial charge is 0.201 e. The van der Waals surface area contributed by atoms with Crippen molar-refractivity contribution in [1.82, 2.24) is 0 Å². The van der Waals surface area contributed by atoms with Gasteiger partial charge >= 0.3 is 0 Å². The highest BCUT2D eigenvalue weighted by molar-refractivity contribution is 5.66. The van der Waals surface area contributed by atoms with Crippen LogP contribution in [-0.2, 0) is 6.42 Å². The largest absolute Gasteiger partial charge is 0.491 e. The Kier molecular flexibility index (Phi) is 11.6. The molecule has 1 nitrogen and oxygen atoms in total. The van der Waals surface area contributed by atoms with Gasteiger partial charge in [-0.25, -0.2) is 22.0 Å². The predicted molar refractivity (Wildman–Crippen MR) is 171 cm³/mol. The molecule has 0 heterocycles. The van der Waals surface area contributed by atoms with Crippen LogP contribution in [0, 0.1) is 46.7 Å². The first-order valence-corrected chi connectivity index (χ1v) is 16.9. The molecule has 0 spiro atoms. The fraction of sp³-hybridized carbons (Fsp3) is 0.487. The number of allylic oxidation sites excluding steroid dienone is 2. The van der Waals surface area contributed by atoms with Crippen molar-refractivity contribution in [3.63, 3.8) is 0 Å². The van der Waals surface area contributed by atoms with Crippen LogP contribution in [0.25, 0.3) is 11.1 Å². The van der Waals surface area contributed by atoms with E-state index in [-0.39, 0.29) is 35.3 Å². The maximum Gasteiger partial charge on any atom is 0.201 e. The van der Waals surface area contributed by atoms with Gasteiger partial charge in [0.1, 0.15) is 0 Å². The number of hydrogen-bond donors (Lipinski definition) is 0. The van der Waals surface area contributed by atoms with Gasteiger partial charge in [0.15, 0.2) is 34.8 Å². The standard InChI is InChI=1S/C39H44F6O/c1-3-5-6-7-28-18-19-29(35(41)34(28)40)26-14-10-24(11-15-26)8-9-25-12-16-27(17-13-25)30-20-21-31(37(43)36(30)42)32-22-23-33(46-4-2)39(45)38(32)44/h3,5,18-27H,4,6-17H2,1-2H3. The summed E-state index contributed by atoms with van der Waals surface area (Å²) in [4.78, 5) is 0. The lowest BCUT2D eigenvalue weighted by molar-refractivity contribution is 0.249. The van der Waals surface area contributed by atoms with Crippen molar-refractivity contribution >= 4 is 0 Å². The second kappa shape index (κ2) is 15.6. The summed E-state index contributed by atoms with van der Waals surface area (Å²) >= 11 is 0. The molecule has 2 aliphatic carbocycles. The van der Waals surface area contributed by atoms with E-state index in [1.54, 1.807) is 19.1 Å². The number of rotatable bonds is 11. The van der Waals surface area contributed by atoms with Crippen LogP contribution in [-0.4, -0.2) is 6.61 Å². The second-order valence-corrected chi connectivity index (χ2v) is 13.1. The number of ether oxygens (including phenoxy) is 1. The van der Waals surface area contributed by atoms with Gasteiger partial charge in [-0.1, -0.05) is 49.3 Å². The molecule has 0 aromatic heterocycles. The van der Waals surface area contributed by atoms with E-state index in [2.05, 4.69) is 0 Å². The van der Waals surface area contributed by atoms with Gasteiger partial charge in [-0.15, -0.1) is 0 Å². The number of halogens is 6. The Balaban J connectivity index is 1.11. The van der Waals surface area contributed by atoms with E-state index >= 15 is 8.78 Å². The predicted octanol–water partition coefficient (Wildman–Crippen LogP) is 12.1. The van der Waals surface area contributed by atoms with Gasteiger partial charge in [0, 0.05) is 11.1 Å². The highest BCUT2D eigenvalue weighted by atomic mass is 19.2. The summed E-state index contributed by atoms with van der Waals surface area (Å²) < 4.78 is 94.2. The zero-order valence-electron chi connectivity index (χ0n) is 26.8. The van der Waals surface area contributed by atoms with Gasteiger partial charge in [0.25, 0.3) is 0 Å². The molecule has 0 unspecified atom stereocenters. The lowest BCUT2D eigenvalue weighted by Gasteiger charge is -2.32. The summed E-state index contributed by atoms with van der Waals surface area (Å²) in [6.45, 7) is 3.70. The monoisotopic (exact) mass is 642 g/mol. The minimum absolute atomic E-state index is 0.0532. The molecule has 3 aromatic rings. The zero-order valence-corrected chi connectivity index (χ0v) is 26.8. The van der Waals surface area contributed by atoms with E-state index in [4.69, 9.17) is 4.74 Å². The van der Waals surface area contributed by atoms with E-state index in [0.29, 0.717) is 41.4 Å². The van der Waals surface area contributed by atoms with Crippen molar-refractivity contribution in [2.75, 3.05) is 6.61 Å². The maximum absolute atomic E-state index is 15.3. The third-order valence-electron chi connectivity index (χ3n) is 10.3. The summed E-state index contributed by atoms with van der Waals surface area (Å²) in [6, 6.07) is 8.82. The topological polar surface area (TPSA) is 9.23 Å². The minimum Gasteiger partial charge on any atom is -0.491 e. The highest BCUT2D eigenvalue weighted by Crippen LogP contribution is 2.43. The third-order valence-corrected chi connectivity index (χ3v) is 10.3. The summed E-state index contributed by atoms with van der Waals surface area (Å²) in [7, 11) is 0. The zero-order chi connectivity index (χ0) is 32.8. The Labute approximate surface area is 269 Å². The van der Waals surface area contributed by atoms with Gasteiger partial charge in [0.2, 0.25) is 5.82 Å². The van der Waals surface area contributed by atoms with Gasteiger partial charge in [-0.05, 0) is 131 Å². The number of hydrogen-bond acceptors (Lipinski definition) is 1. The van der Waals surface area contributed by atoms with Gasteiger partial charge in [-0.3, -0.25) is 0 Å². The molecular formula is C39H44F6O. The molecule has 0 aliphatic heterocycles. The van der Waals surface area contributed by atoms with Crippen molar-refractivity contribution < 1.29 is 31.1 Å². The van der Waals surface area contributed by atoms with E-state index in [9.17, 15) is 17.6 Å². The molecule has 2 fully saturated rings. The van der Waals surface area contributed by atoms with E-state index < -0.39 is 34.9 Å². The second-order valence-electron chi connectivity index (χ2n) is 13.1. The first kappa shape index (κ1) is 34.1. The number of benzene rings is 3. The van der Waals surface area contributed by atoms with Crippen LogP contribution in [0.5, 0.6) is 5.75 Å². The molecule has 0 bridgehead atoms. The molecule has 2 aliphatic rings. The van der Waals surface area contributed by atoms with Crippen molar-refractivity contribution in [3.05, 3.63) is 100 Å². The Morgan fingerprint density at radius 3 is 1.65 bits per heavy atom. The van der Waals surface area contributed by atoms with Gasteiger partial charge in [0.05, 0.1) is 6.61 Å². The fourth-order valence-corrected chi connectivity index (χ4v) is 7.61. The molecule has 3 aromatic carbocycles. The molecule has 248 valence electrons. The van der Waals surface area contributed by atoms with Crippen LogP contribution in [0.4, 0.5) is 26.3 Å². The lowest BCUT2D eigenvalue weighted by atomic mass is 9.73. The summed E-state index contributed by atoms with van der Waals surface area (Å²) in [5.41, 5.74) is 0.585.